The molecule has 3 unspecified atom stereocenters. The first-order valence-corrected chi connectivity index (χ1v) is 13.0. The van der Waals surface area contributed by atoms with Gasteiger partial charge in [0.1, 0.15) is 29.6 Å². The molecule has 4 aliphatic heterocycles. The van der Waals surface area contributed by atoms with E-state index in [9.17, 15) is 36.3 Å². The van der Waals surface area contributed by atoms with Gasteiger partial charge in [-0.25, -0.2) is 13.6 Å². The third-order valence-electron chi connectivity index (χ3n) is 8.81. The lowest BCUT2D eigenvalue weighted by atomic mass is 9.59. The molecule has 2 aromatic carbocycles. The summed E-state index contributed by atoms with van der Waals surface area (Å²) < 4.78 is 79.4. The molecular formula is C28H21F5N4O4. The maximum absolute atomic E-state index is 14.9. The predicted octanol–water partition coefficient (Wildman–Crippen LogP) is 3.83. The van der Waals surface area contributed by atoms with Crippen molar-refractivity contribution in [2.45, 2.75) is 49.6 Å². The lowest BCUT2D eigenvalue weighted by Gasteiger charge is -2.67. The van der Waals surface area contributed by atoms with Crippen molar-refractivity contribution in [1.29, 1.82) is 0 Å². The van der Waals surface area contributed by atoms with Gasteiger partial charge in [0.15, 0.2) is 11.5 Å². The lowest BCUT2D eigenvalue weighted by molar-refractivity contribution is -0.159. The maximum atomic E-state index is 14.9. The van der Waals surface area contributed by atoms with Gasteiger partial charge in [-0.2, -0.15) is 18.2 Å². The Hall–Kier alpha value is -4.29. The van der Waals surface area contributed by atoms with Crippen LogP contribution in [0.2, 0.25) is 0 Å². The van der Waals surface area contributed by atoms with Crippen LogP contribution in [0.3, 0.4) is 0 Å². The summed E-state index contributed by atoms with van der Waals surface area (Å²) in [5, 5.41) is -0.0973. The Kier molecular flexibility index (Phi) is 5.24. The fraction of sp³-hybridized carbons (Fsp3) is 0.357. The summed E-state index contributed by atoms with van der Waals surface area (Å²) in [5.74, 6) is -3.24. The SMILES string of the molecule is C=CC(=O)N1C2CC(=O)C3(CCC13)N(c1nc(=O)n3c4c(c(-c5ccc(F)cc5F)c(C(F)(F)F)cc14)OCC3)C2. The topological polar surface area (TPSA) is 84.7 Å². The Morgan fingerprint density at radius 3 is 2.63 bits per heavy atom. The van der Waals surface area contributed by atoms with Crippen molar-refractivity contribution in [3.63, 3.8) is 0 Å². The fourth-order valence-corrected chi connectivity index (χ4v) is 7.06. The number of rotatable bonds is 3. The van der Waals surface area contributed by atoms with Crippen LogP contribution in [0.25, 0.3) is 22.0 Å². The minimum Gasteiger partial charge on any atom is -0.489 e. The second kappa shape index (κ2) is 8.37. The van der Waals surface area contributed by atoms with Crippen molar-refractivity contribution in [2.75, 3.05) is 18.1 Å². The van der Waals surface area contributed by atoms with Crippen molar-refractivity contribution in [1.82, 2.24) is 14.5 Å². The van der Waals surface area contributed by atoms with Gasteiger partial charge >= 0.3 is 11.9 Å². The molecule has 0 N–H and O–H groups in total. The molecule has 212 valence electrons. The number of amides is 1. The third kappa shape index (κ3) is 3.31. The van der Waals surface area contributed by atoms with E-state index in [-0.39, 0.29) is 60.3 Å². The van der Waals surface area contributed by atoms with Crippen LogP contribution in [-0.4, -0.2) is 56.9 Å². The highest BCUT2D eigenvalue weighted by Crippen LogP contribution is 2.55. The first-order chi connectivity index (χ1) is 19.5. The third-order valence-corrected chi connectivity index (χ3v) is 8.81. The number of piperazine rings is 1. The zero-order valence-corrected chi connectivity index (χ0v) is 21.3. The maximum Gasteiger partial charge on any atom is 0.417 e. The predicted molar refractivity (Wildman–Crippen MR) is 135 cm³/mol. The smallest absolute Gasteiger partial charge is 0.417 e. The Bertz CT molecular complexity index is 1770. The number of carbonyl (C=O) groups is 2. The quantitative estimate of drug-likeness (QED) is 0.351. The number of fused-ring (bicyclic) bond motifs is 2. The van der Waals surface area contributed by atoms with Crippen molar-refractivity contribution in [2.24, 2.45) is 0 Å². The number of hydrogen-bond donors (Lipinski definition) is 0. The van der Waals surface area contributed by atoms with E-state index in [4.69, 9.17) is 4.74 Å². The lowest BCUT2D eigenvalue weighted by Crippen LogP contribution is -2.84. The summed E-state index contributed by atoms with van der Waals surface area (Å²) in [7, 11) is 0. The highest BCUT2D eigenvalue weighted by molar-refractivity contribution is 6.05. The van der Waals surface area contributed by atoms with Gasteiger partial charge in [0.25, 0.3) is 0 Å². The van der Waals surface area contributed by atoms with Crippen LogP contribution in [0.1, 0.15) is 24.8 Å². The van der Waals surface area contributed by atoms with Gasteiger partial charge in [-0.3, -0.25) is 14.2 Å². The van der Waals surface area contributed by atoms with Crippen molar-refractivity contribution in [3.05, 3.63) is 64.6 Å². The summed E-state index contributed by atoms with van der Waals surface area (Å²) >= 11 is 0. The van der Waals surface area contributed by atoms with Gasteiger partial charge in [0.05, 0.1) is 29.7 Å². The number of carbonyl (C=O) groups excluding carboxylic acids is 2. The second-order valence-electron chi connectivity index (χ2n) is 10.7. The van der Waals surface area contributed by atoms with Crippen molar-refractivity contribution < 1.29 is 36.3 Å². The number of aromatic nitrogens is 2. The number of anilines is 1. The van der Waals surface area contributed by atoms with Crippen molar-refractivity contribution >= 4 is 28.4 Å². The molecule has 0 radical (unpaired) electrons. The number of Topliss-reactive ketones (excluding diaryl/α,β-unsaturated/α-hetero) is 1. The minimum absolute atomic E-state index is 0.0245. The van der Waals surface area contributed by atoms with Crippen LogP contribution in [0.4, 0.5) is 27.8 Å². The molecule has 4 fully saturated rings. The average molecular weight is 572 g/mol. The van der Waals surface area contributed by atoms with Crippen LogP contribution >= 0.6 is 0 Å². The molecule has 41 heavy (non-hydrogen) atoms. The van der Waals surface area contributed by atoms with Crippen LogP contribution in [0.5, 0.6) is 5.75 Å². The highest BCUT2D eigenvalue weighted by Gasteiger charge is 2.67. The number of alkyl halides is 3. The summed E-state index contributed by atoms with van der Waals surface area (Å²) in [6, 6.07) is 1.86. The van der Waals surface area contributed by atoms with Crippen LogP contribution < -0.4 is 15.3 Å². The average Bonchev–Trinajstić information content (AvgIpc) is 2.90. The highest BCUT2D eigenvalue weighted by atomic mass is 19.4. The molecular weight excluding hydrogens is 551 g/mol. The summed E-state index contributed by atoms with van der Waals surface area (Å²) in [4.78, 5) is 46.8. The molecule has 1 amide bonds. The zero-order chi connectivity index (χ0) is 29.0. The van der Waals surface area contributed by atoms with E-state index >= 15 is 0 Å². The molecule has 1 aliphatic carbocycles. The number of nitrogens with zero attached hydrogens (tertiary/aromatic N) is 4. The zero-order valence-electron chi connectivity index (χ0n) is 21.3. The van der Waals surface area contributed by atoms with E-state index in [0.717, 1.165) is 28.8 Å². The van der Waals surface area contributed by atoms with Gasteiger partial charge in [-0.15, -0.1) is 0 Å². The van der Waals surface area contributed by atoms with E-state index < -0.39 is 57.8 Å². The van der Waals surface area contributed by atoms with Gasteiger partial charge in [-0.1, -0.05) is 6.58 Å². The molecule has 3 aromatic rings. The largest absolute Gasteiger partial charge is 0.489 e. The number of benzene rings is 2. The van der Waals surface area contributed by atoms with E-state index in [1.807, 2.05) is 0 Å². The van der Waals surface area contributed by atoms with Crippen molar-refractivity contribution in [3.8, 4) is 16.9 Å². The fourth-order valence-electron chi connectivity index (χ4n) is 7.06. The molecule has 1 spiro atoms. The first-order valence-electron chi connectivity index (χ1n) is 13.0. The van der Waals surface area contributed by atoms with Crippen LogP contribution in [-0.2, 0) is 22.3 Å². The molecule has 3 atom stereocenters. The van der Waals surface area contributed by atoms with E-state index in [0.29, 0.717) is 18.9 Å². The number of ether oxygens (including phenoxy) is 1. The Balaban J connectivity index is 1.53. The Morgan fingerprint density at radius 2 is 1.98 bits per heavy atom. The van der Waals surface area contributed by atoms with Gasteiger partial charge in [0, 0.05) is 35.5 Å². The summed E-state index contributed by atoms with van der Waals surface area (Å²) in [6.45, 7) is 3.41. The van der Waals surface area contributed by atoms with Gasteiger partial charge < -0.3 is 14.5 Å². The number of piperidine rings is 2. The van der Waals surface area contributed by atoms with Gasteiger partial charge in [-0.05, 0) is 37.1 Å². The monoisotopic (exact) mass is 572 g/mol. The summed E-state index contributed by atoms with van der Waals surface area (Å²) in [5.41, 5.74) is -4.53. The molecule has 13 heteroatoms. The Morgan fingerprint density at radius 1 is 1.20 bits per heavy atom. The number of ketones is 1. The van der Waals surface area contributed by atoms with Crippen LogP contribution in [0, 0.1) is 11.6 Å². The van der Waals surface area contributed by atoms with Crippen LogP contribution in [0.15, 0.2) is 41.7 Å². The van der Waals surface area contributed by atoms with Gasteiger partial charge in [0.2, 0.25) is 5.91 Å². The molecule has 5 aliphatic rings. The molecule has 1 saturated carbocycles. The van der Waals surface area contributed by atoms with E-state index in [1.54, 1.807) is 9.80 Å². The first kappa shape index (κ1) is 25.7. The molecule has 8 nitrogen and oxygen atoms in total. The normalized spacial score (nSPS) is 24.7. The molecule has 2 bridgehead atoms. The molecule has 1 aromatic heterocycles. The second-order valence-corrected chi connectivity index (χ2v) is 10.7. The molecule has 5 heterocycles. The Labute approximate surface area is 228 Å². The summed E-state index contributed by atoms with van der Waals surface area (Å²) in [6.07, 6.45) is -2.97. The minimum atomic E-state index is -5.01. The van der Waals surface area contributed by atoms with E-state index in [2.05, 4.69) is 11.6 Å². The standard InChI is InChI=1S/C28H21F5N4O4/c1-2-21(39)37-14-10-20(38)27(6-5-19(27)37)36(12-14)25-16-11-17(28(31,32)33)22(15-4-3-13(29)9-18(15)30)24-23(16)35(7-8-41-24)26(40)34-25/h2-4,9,11,14,19H,1,5-8,10,12H2. The molecule has 8 rings (SSSR count). The molecule has 3 saturated heterocycles. The number of halogens is 5. The number of hydrogen-bond acceptors (Lipinski definition) is 6. The van der Waals surface area contributed by atoms with E-state index in [1.165, 1.54) is 0 Å².